The minimum absolute atomic E-state index is 0.00426. The van der Waals surface area contributed by atoms with E-state index in [-0.39, 0.29) is 18.0 Å². The van der Waals surface area contributed by atoms with Crippen LogP contribution in [0.15, 0.2) is 4.52 Å². The van der Waals surface area contributed by atoms with E-state index in [0.717, 1.165) is 19.4 Å². The Kier molecular flexibility index (Phi) is 4.19. The second-order valence-corrected chi connectivity index (χ2v) is 5.43. The smallest absolute Gasteiger partial charge is 0.240 e. The number of nitrogens with zero attached hydrogens (tertiary/aromatic N) is 4. The third-order valence-corrected chi connectivity index (χ3v) is 3.59. The van der Waals surface area contributed by atoms with Crippen LogP contribution in [0.5, 0.6) is 0 Å². The molecule has 2 heterocycles. The Morgan fingerprint density at radius 1 is 1.58 bits per heavy atom. The van der Waals surface area contributed by atoms with E-state index < -0.39 is 0 Å². The molecule has 0 bridgehead atoms. The first-order chi connectivity index (χ1) is 8.99. The van der Waals surface area contributed by atoms with E-state index in [1.165, 1.54) is 0 Å². The zero-order valence-corrected chi connectivity index (χ0v) is 12.1. The molecule has 1 aliphatic heterocycles. The fourth-order valence-electron chi connectivity index (χ4n) is 2.49. The lowest BCUT2D eigenvalue weighted by molar-refractivity contribution is -0.138. The maximum Gasteiger partial charge on any atom is 0.240 e. The summed E-state index contributed by atoms with van der Waals surface area (Å²) in [5.41, 5.74) is 0. The standard InChI is InChI=1S/C13H22N4O2/c1-9(2)17(8-12-14-10(3)19-15-12)13(18)11-6-5-7-16(11)4/h9,11H,5-8H2,1-4H3/t11-/m0/s1. The molecule has 1 fully saturated rings. The number of carbonyl (C=O) groups excluding carboxylic acids is 1. The molecule has 1 aromatic rings. The molecule has 1 aliphatic rings. The third kappa shape index (κ3) is 3.12. The van der Waals surface area contributed by atoms with Gasteiger partial charge in [-0.15, -0.1) is 0 Å². The molecule has 0 aliphatic carbocycles. The molecular formula is C13H22N4O2. The highest BCUT2D eigenvalue weighted by atomic mass is 16.5. The van der Waals surface area contributed by atoms with Crippen molar-refractivity contribution in [3.63, 3.8) is 0 Å². The summed E-state index contributed by atoms with van der Waals surface area (Å²) in [6, 6.07) is 0.121. The van der Waals surface area contributed by atoms with Crippen molar-refractivity contribution in [1.29, 1.82) is 0 Å². The molecule has 6 heteroatoms. The van der Waals surface area contributed by atoms with E-state index >= 15 is 0 Å². The summed E-state index contributed by atoms with van der Waals surface area (Å²) < 4.78 is 4.96. The van der Waals surface area contributed by atoms with Gasteiger partial charge < -0.3 is 9.42 Å². The van der Waals surface area contributed by atoms with Gasteiger partial charge in [0.15, 0.2) is 5.82 Å². The highest BCUT2D eigenvalue weighted by molar-refractivity contribution is 5.82. The number of rotatable bonds is 4. The van der Waals surface area contributed by atoms with Gasteiger partial charge in [-0.1, -0.05) is 5.16 Å². The quantitative estimate of drug-likeness (QED) is 0.819. The maximum atomic E-state index is 12.6. The molecule has 1 amide bonds. The molecule has 19 heavy (non-hydrogen) atoms. The summed E-state index contributed by atoms with van der Waals surface area (Å²) in [6.45, 7) is 7.18. The number of hydrogen-bond donors (Lipinski definition) is 0. The van der Waals surface area contributed by atoms with E-state index in [0.29, 0.717) is 18.3 Å². The second-order valence-electron chi connectivity index (χ2n) is 5.43. The fourth-order valence-corrected chi connectivity index (χ4v) is 2.49. The van der Waals surface area contributed by atoms with Gasteiger partial charge in [-0.25, -0.2) is 0 Å². The van der Waals surface area contributed by atoms with Crippen molar-refractivity contribution in [3.8, 4) is 0 Å². The average Bonchev–Trinajstić information content (AvgIpc) is 2.94. The molecule has 0 aromatic carbocycles. The summed E-state index contributed by atoms with van der Waals surface area (Å²) in [6.07, 6.45) is 2.02. The van der Waals surface area contributed by atoms with Crippen LogP contribution in [0.3, 0.4) is 0 Å². The van der Waals surface area contributed by atoms with Crippen LogP contribution in [0.2, 0.25) is 0 Å². The van der Waals surface area contributed by atoms with Crippen molar-refractivity contribution in [1.82, 2.24) is 19.9 Å². The molecule has 1 atom stereocenters. The van der Waals surface area contributed by atoms with Crippen LogP contribution in [0.1, 0.15) is 38.4 Å². The van der Waals surface area contributed by atoms with Gasteiger partial charge in [0.25, 0.3) is 0 Å². The first kappa shape index (κ1) is 14.0. The minimum Gasteiger partial charge on any atom is -0.340 e. The Hall–Kier alpha value is -1.43. The monoisotopic (exact) mass is 266 g/mol. The second kappa shape index (κ2) is 5.69. The number of hydrogen-bond acceptors (Lipinski definition) is 5. The molecule has 1 aromatic heterocycles. The summed E-state index contributed by atoms with van der Waals surface area (Å²) in [5.74, 6) is 1.27. The van der Waals surface area contributed by atoms with Crippen molar-refractivity contribution in [2.45, 2.75) is 52.2 Å². The topological polar surface area (TPSA) is 62.5 Å². The van der Waals surface area contributed by atoms with Crippen LogP contribution < -0.4 is 0 Å². The summed E-state index contributed by atoms with van der Waals surface area (Å²) in [7, 11) is 2.01. The van der Waals surface area contributed by atoms with Crippen molar-refractivity contribution < 1.29 is 9.32 Å². The molecule has 0 saturated carbocycles. The molecule has 1 saturated heterocycles. The molecule has 0 N–H and O–H groups in total. The maximum absolute atomic E-state index is 12.6. The largest absolute Gasteiger partial charge is 0.340 e. The number of likely N-dealkylation sites (N-methyl/N-ethyl adjacent to an activating group) is 1. The lowest BCUT2D eigenvalue weighted by Gasteiger charge is -2.30. The Morgan fingerprint density at radius 3 is 2.79 bits per heavy atom. The van der Waals surface area contributed by atoms with E-state index in [1.54, 1.807) is 6.92 Å². The fraction of sp³-hybridized carbons (Fsp3) is 0.769. The summed E-state index contributed by atoms with van der Waals surface area (Å²) in [5, 5.41) is 3.87. The summed E-state index contributed by atoms with van der Waals surface area (Å²) in [4.78, 5) is 20.7. The zero-order chi connectivity index (χ0) is 14.0. The molecule has 106 valence electrons. The normalized spacial score (nSPS) is 20.2. The highest BCUT2D eigenvalue weighted by Gasteiger charge is 2.32. The zero-order valence-electron chi connectivity index (χ0n) is 12.1. The highest BCUT2D eigenvalue weighted by Crippen LogP contribution is 2.19. The Labute approximate surface area is 113 Å². The van der Waals surface area contributed by atoms with Gasteiger partial charge in [-0.3, -0.25) is 9.69 Å². The van der Waals surface area contributed by atoms with Gasteiger partial charge >= 0.3 is 0 Å². The Balaban J connectivity index is 2.09. The van der Waals surface area contributed by atoms with Gasteiger partial charge in [0, 0.05) is 13.0 Å². The lowest BCUT2D eigenvalue weighted by atomic mass is 10.1. The molecule has 0 radical (unpaired) electrons. The number of carbonyl (C=O) groups is 1. The van der Waals surface area contributed by atoms with Crippen LogP contribution in [0.25, 0.3) is 0 Å². The van der Waals surface area contributed by atoms with Gasteiger partial charge in [0.1, 0.15) is 0 Å². The lowest BCUT2D eigenvalue weighted by Crippen LogP contribution is -2.47. The number of amides is 1. The molecule has 6 nitrogen and oxygen atoms in total. The Bertz CT molecular complexity index is 444. The molecule has 0 spiro atoms. The van der Waals surface area contributed by atoms with Crippen molar-refractivity contribution in [2.24, 2.45) is 0 Å². The predicted molar refractivity (Wildman–Crippen MR) is 70.4 cm³/mol. The number of aryl methyl sites for hydroxylation is 1. The van der Waals surface area contributed by atoms with Gasteiger partial charge in [0.2, 0.25) is 11.8 Å². The first-order valence-electron chi connectivity index (χ1n) is 6.79. The molecule has 2 rings (SSSR count). The van der Waals surface area contributed by atoms with E-state index in [9.17, 15) is 4.79 Å². The van der Waals surface area contributed by atoms with Crippen LogP contribution in [-0.4, -0.2) is 51.5 Å². The predicted octanol–water partition coefficient (Wildman–Crippen LogP) is 1.21. The van der Waals surface area contributed by atoms with E-state index in [1.807, 2.05) is 25.8 Å². The van der Waals surface area contributed by atoms with Crippen molar-refractivity contribution >= 4 is 5.91 Å². The van der Waals surface area contributed by atoms with Gasteiger partial charge in [0.05, 0.1) is 12.6 Å². The third-order valence-electron chi connectivity index (χ3n) is 3.59. The number of likely N-dealkylation sites (tertiary alicyclic amines) is 1. The Morgan fingerprint density at radius 2 is 2.32 bits per heavy atom. The molecular weight excluding hydrogens is 244 g/mol. The molecule has 0 unspecified atom stereocenters. The summed E-state index contributed by atoms with van der Waals surface area (Å²) >= 11 is 0. The van der Waals surface area contributed by atoms with Crippen molar-refractivity contribution in [2.75, 3.05) is 13.6 Å². The van der Waals surface area contributed by atoms with Crippen LogP contribution in [-0.2, 0) is 11.3 Å². The average molecular weight is 266 g/mol. The van der Waals surface area contributed by atoms with E-state index in [4.69, 9.17) is 4.52 Å². The minimum atomic E-state index is -0.00426. The first-order valence-corrected chi connectivity index (χ1v) is 6.79. The van der Waals surface area contributed by atoms with Crippen LogP contribution in [0, 0.1) is 6.92 Å². The van der Waals surface area contributed by atoms with Gasteiger partial charge in [-0.05, 0) is 40.3 Å². The number of aromatic nitrogens is 2. The van der Waals surface area contributed by atoms with Crippen molar-refractivity contribution in [3.05, 3.63) is 11.7 Å². The van der Waals surface area contributed by atoms with Gasteiger partial charge in [-0.2, -0.15) is 4.98 Å². The SMILES string of the molecule is Cc1nc(CN(C(=O)[C@@H]2CCCN2C)C(C)C)no1. The van der Waals surface area contributed by atoms with E-state index in [2.05, 4.69) is 15.0 Å². The van der Waals surface area contributed by atoms with Crippen LogP contribution >= 0.6 is 0 Å². The van der Waals surface area contributed by atoms with Crippen LogP contribution in [0.4, 0.5) is 0 Å².